The highest BCUT2D eigenvalue weighted by Gasteiger charge is 2.39. The fourth-order valence-electron chi connectivity index (χ4n) is 4.23. The van der Waals surface area contributed by atoms with E-state index in [0.717, 1.165) is 10.9 Å². The topological polar surface area (TPSA) is 93.9 Å². The molecule has 0 bridgehead atoms. The Kier molecular flexibility index (Phi) is 5.62. The van der Waals surface area contributed by atoms with Gasteiger partial charge in [0.25, 0.3) is 5.91 Å². The number of carbonyl (C=O) groups excluding carboxylic acids is 1. The Morgan fingerprint density at radius 3 is 2.59 bits per heavy atom. The van der Waals surface area contributed by atoms with Gasteiger partial charge in [0.05, 0.1) is 32.6 Å². The van der Waals surface area contributed by atoms with Gasteiger partial charge in [0.2, 0.25) is 0 Å². The van der Waals surface area contributed by atoms with Crippen molar-refractivity contribution in [3.8, 4) is 17.1 Å². The molecule has 1 aliphatic rings. The van der Waals surface area contributed by atoms with Crippen LogP contribution in [-0.4, -0.2) is 46.1 Å². The molecule has 1 aliphatic heterocycles. The molecule has 7 nitrogen and oxygen atoms in total. The summed E-state index contributed by atoms with van der Waals surface area (Å²) in [4.78, 5) is 17.5. The number of halogens is 2. The van der Waals surface area contributed by atoms with Crippen molar-refractivity contribution in [3.05, 3.63) is 76.4 Å². The maximum Gasteiger partial charge on any atom is 0.251 e. The molecule has 0 saturated carbocycles. The van der Waals surface area contributed by atoms with Gasteiger partial charge < -0.3 is 5.32 Å². The number of benzene rings is 2. The van der Waals surface area contributed by atoms with E-state index < -0.39 is 15.4 Å². The molecule has 1 N–H and O–H groups in total. The van der Waals surface area contributed by atoms with Crippen molar-refractivity contribution in [1.29, 1.82) is 0 Å². The van der Waals surface area contributed by atoms with Crippen molar-refractivity contribution in [1.82, 2.24) is 20.1 Å². The number of aromatic nitrogens is 3. The molecule has 10 heteroatoms. The lowest BCUT2D eigenvalue weighted by molar-refractivity contribution is 0.0915. The quantitative estimate of drug-likeness (QED) is 0.425. The van der Waals surface area contributed by atoms with E-state index in [0.29, 0.717) is 39.1 Å². The van der Waals surface area contributed by atoms with Gasteiger partial charge in [-0.15, -0.1) is 0 Å². The third-order valence-electron chi connectivity index (χ3n) is 5.92. The number of nitrogens with zero attached hydrogens (tertiary/aromatic N) is 3. The number of amides is 1. The van der Waals surface area contributed by atoms with E-state index >= 15 is 0 Å². The van der Waals surface area contributed by atoms with E-state index in [1.54, 1.807) is 41.9 Å². The fourth-order valence-corrected chi connectivity index (χ4v) is 6.66. The second-order valence-corrected chi connectivity index (χ2v) is 11.7. The lowest BCUT2D eigenvalue weighted by atomic mass is 10.0. The average Bonchev–Trinajstić information content (AvgIpc) is 3.30. The van der Waals surface area contributed by atoms with Crippen LogP contribution in [0.2, 0.25) is 10.0 Å². The van der Waals surface area contributed by atoms with Gasteiger partial charge in [-0.2, -0.15) is 5.10 Å². The molecule has 1 fully saturated rings. The van der Waals surface area contributed by atoms with E-state index in [-0.39, 0.29) is 17.4 Å². The van der Waals surface area contributed by atoms with Gasteiger partial charge in [-0.05, 0) is 49.7 Å². The fraction of sp³-hybridized carbons (Fsp3) is 0.208. The Morgan fingerprint density at radius 2 is 1.91 bits per heavy atom. The van der Waals surface area contributed by atoms with Crippen molar-refractivity contribution >= 4 is 49.8 Å². The highest BCUT2D eigenvalue weighted by atomic mass is 35.5. The Balaban J connectivity index is 1.62. The number of hydrogen-bond acceptors (Lipinski definition) is 5. The summed E-state index contributed by atoms with van der Waals surface area (Å²) in [5, 5.41) is 9.51. The number of carbonyl (C=O) groups is 1. The molecule has 0 spiro atoms. The molecule has 1 atom stereocenters. The molecule has 2 aromatic heterocycles. The monoisotopic (exact) mass is 514 g/mol. The summed E-state index contributed by atoms with van der Waals surface area (Å²) in [5.74, 6) is 0.174. The number of nitrogens with one attached hydrogen (secondary N) is 1. The molecule has 0 radical (unpaired) electrons. The van der Waals surface area contributed by atoms with Crippen molar-refractivity contribution in [2.45, 2.75) is 18.9 Å². The Labute approximate surface area is 206 Å². The van der Waals surface area contributed by atoms with E-state index in [2.05, 4.69) is 10.3 Å². The van der Waals surface area contributed by atoms with E-state index in [1.807, 2.05) is 24.3 Å². The van der Waals surface area contributed by atoms with Crippen molar-refractivity contribution in [2.75, 3.05) is 11.5 Å². The van der Waals surface area contributed by atoms with Crippen molar-refractivity contribution < 1.29 is 13.2 Å². The van der Waals surface area contributed by atoms with Gasteiger partial charge in [-0.3, -0.25) is 4.79 Å². The summed E-state index contributed by atoms with van der Waals surface area (Å²) in [6.45, 7) is 1.76. The van der Waals surface area contributed by atoms with E-state index in [9.17, 15) is 13.2 Å². The van der Waals surface area contributed by atoms with Crippen LogP contribution in [0.3, 0.4) is 0 Å². The lowest BCUT2D eigenvalue weighted by Gasteiger charge is -2.23. The maximum absolute atomic E-state index is 13.1. The van der Waals surface area contributed by atoms with Crippen LogP contribution in [0.4, 0.5) is 0 Å². The minimum Gasteiger partial charge on any atom is -0.346 e. The highest BCUT2D eigenvalue weighted by molar-refractivity contribution is 7.91. The first-order valence-electron chi connectivity index (χ1n) is 10.6. The molecule has 2 aromatic carbocycles. The van der Waals surface area contributed by atoms with Gasteiger partial charge in [0, 0.05) is 22.7 Å². The summed E-state index contributed by atoms with van der Waals surface area (Å²) < 4.78 is 25.5. The van der Waals surface area contributed by atoms with Crippen molar-refractivity contribution in [2.24, 2.45) is 0 Å². The highest BCUT2D eigenvalue weighted by Crippen LogP contribution is 2.34. The van der Waals surface area contributed by atoms with Gasteiger partial charge in [0.15, 0.2) is 15.7 Å². The van der Waals surface area contributed by atoms with E-state index in [1.165, 1.54) is 6.20 Å². The van der Waals surface area contributed by atoms with Crippen LogP contribution >= 0.6 is 23.2 Å². The zero-order chi connectivity index (χ0) is 24.1. The molecule has 1 saturated heterocycles. The zero-order valence-corrected chi connectivity index (χ0v) is 20.5. The molecule has 5 rings (SSSR count). The second kappa shape index (κ2) is 8.37. The molecule has 4 aromatic rings. The largest absolute Gasteiger partial charge is 0.346 e. The van der Waals surface area contributed by atoms with Crippen LogP contribution in [0.5, 0.6) is 0 Å². The molecule has 0 aliphatic carbocycles. The summed E-state index contributed by atoms with van der Waals surface area (Å²) in [7, 11) is -3.15. The van der Waals surface area contributed by atoms with Crippen LogP contribution in [0, 0.1) is 0 Å². The van der Waals surface area contributed by atoms with Crippen LogP contribution < -0.4 is 5.32 Å². The number of sulfone groups is 1. The van der Waals surface area contributed by atoms with E-state index in [4.69, 9.17) is 28.3 Å². The summed E-state index contributed by atoms with van der Waals surface area (Å²) in [5.41, 5.74) is 1.65. The van der Waals surface area contributed by atoms with Gasteiger partial charge in [-0.1, -0.05) is 41.4 Å². The van der Waals surface area contributed by atoms with Crippen LogP contribution in [0.15, 0.2) is 60.8 Å². The summed E-state index contributed by atoms with van der Waals surface area (Å²) in [6, 6.07) is 16.1. The predicted molar refractivity (Wildman–Crippen MR) is 133 cm³/mol. The second-order valence-electron chi connectivity index (χ2n) is 8.66. The standard InChI is InChI=1S/C24H20Cl2N4O3S/c1-24(10-11-34(32,33)14-24)28-23(31)15-6-8-18-20(12-15)30(21-9-7-16(25)13-27-21)29-22(18)17-4-2-3-5-19(17)26/h2-9,12-13H,10-11,14H2,1H3,(H,28,31)/t24-/m0/s1. The first-order chi connectivity index (χ1) is 16.1. The molecule has 174 valence electrons. The van der Waals surface area contributed by atoms with Crippen LogP contribution in [0.25, 0.3) is 28.0 Å². The number of hydrogen-bond donors (Lipinski definition) is 1. The minimum absolute atomic E-state index is 0.0685. The lowest BCUT2D eigenvalue weighted by Crippen LogP contribution is -2.46. The summed E-state index contributed by atoms with van der Waals surface area (Å²) in [6.07, 6.45) is 1.91. The Hall–Kier alpha value is -2.94. The third-order valence-corrected chi connectivity index (χ3v) is 8.38. The zero-order valence-electron chi connectivity index (χ0n) is 18.1. The van der Waals surface area contributed by atoms with Crippen LogP contribution in [-0.2, 0) is 9.84 Å². The molecular weight excluding hydrogens is 495 g/mol. The first-order valence-corrected chi connectivity index (χ1v) is 13.1. The number of pyridine rings is 1. The van der Waals surface area contributed by atoms with Crippen molar-refractivity contribution in [3.63, 3.8) is 0 Å². The van der Waals surface area contributed by atoms with Gasteiger partial charge in [-0.25, -0.2) is 18.1 Å². The molecule has 0 unspecified atom stereocenters. The number of rotatable bonds is 4. The third kappa shape index (κ3) is 4.29. The maximum atomic E-state index is 13.1. The normalized spacial score (nSPS) is 19.4. The SMILES string of the molecule is C[C@]1(NC(=O)c2ccc3c(-c4ccccc4Cl)nn(-c4ccc(Cl)cn4)c3c2)CCS(=O)(=O)C1. The van der Waals surface area contributed by atoms with Crippen LogP contribution in [0.1, 0.15) is 23.7 Å². The molecule has 34 heavy (non-hydrogen) atoms. The molecule has 3 heterocycles. The molecule has 1 amide bonds. The smallest absolute Gasteiger partial charge is 0.251 e. The van der Waals surface area contributed by atoms with Gasteiger partial charge in [0.1, 0.15) is 5.69 Å². The Bertz CT molecular complexity index is 1530. The first kappa shape index (κ1) is 22.8. The Morgan fingerprint density at radius 1 is 1.12 bits per heavy atom. The predicted octanol–water partition coefficient (Wildman–Crippen LogP) is 4.70. The van der Waals surface area contributed by atoms with Gasteiger partial charge >= 0.3 is 0 Å². The molecular formula is C24H20Cl2N4O3S. The summed E-state index contributed by atoms with van der Waals surface area (Å²) >= 11 is 12.5. The minimum atomic E-state index is -3.15. The number of fused-ring (bicyclic) bond motifs is 1. The average molecular weight is 515 g/mol.